The number of phosphoric ester groups is 1. The van der Waals surface area contributed by atoms with Crippen LogP contribution in [0.3, 0.4) is 0 Å². The van der Waals surface area contributed by atoms with Crippen LogP contribution in [0.4, 0.5) is 0 Å². The van der Waals surface area contributed by atoms with Gasteiger partial charge in [-0.25, -0.2) is 4.57 Å². The molecule has 0 unspecified atom stereocenters. The molecule has 0 spiro atoms. The Morgan fingerprint density at radius 3 is 1.04 bits per heavy atom. The van der Waals surface area contributed by atoms with Crippen LogP contribution >= 0.6 is 7.82 Å². The van der Waals surface area contributed by atoms with Crippen molar-refractivity contribution in [1.82, 2.24) is 0 Å². The second-order valence-electron chi connectivity index (χ2n) is 17.4. The van der Waals surface area contributed by atoms with E-state index in [4.69, 9.17) is 9.05 Å². The minimum absolute atomic E-state index is 0.173. The zero-order valence-corrected chi connectivity index (χ0v) is 35.5. The summed E-state index contributed by atoms with van der Waals surface area (Å²) in [6.45, 7) is 26.6. The van der Waals surface area contributed by atoms with Crippen LogP contribution in [0.15, 0.2) is 84.9 Å². The van der Waals surface area contributed by atoms with Gasteiger partial charge in [0.2, 0.25) is 0 Å². The summed E-state index contributed by atoms with van der Waals surface area (Å²) in [5.41, 5.74) is 12.3. The van der Waals surface area contributed by atoms with Gasteiger partial charge in [-0.15, -0.1) is 0 Å². The number of fused-ring (bicyclic) bond motifs is 7. The van der Waals surface area contributed by atoms with Crippen molar-refractivity contribution in [3.05, 3.63) is 118 Å². The standard InChI is InChI=1S/C50H57O4P/c1-27(2)35-23-39(29(5)6)45(40(24-35)30(7)8)43-21-33-17-13-15-19-37(33)47-48-38-20-16-14-18-34(38)22-44(50(48)54-55(51,52)53-49(43)47)46-41(31(9)10)25-36(28(3)4)26-42(46)32(11)12/h13-32H,1-12H3,(H,51,52)/p-1. The molecule has 0 amide bonds. The molecule has 7 rings (SSSR count). The molecule has 1 aliphatic rings. The fraction of sp³-hybridized carbons (Fsp3) is 0.360. The maximum atomic E-state index is 14.6. The second-order valence-corrected chi connectivity index (χ2v) is 18.7. The Kier molecular flexibility index (Phi) is 10.3. The molecule has 0 aromatic heterocycles. The molecule has 1 aliphatic heterocycles. The molecule has 0 fully saturated rings. The zero-order chi connectivity index (χ0) is 39.7. The van der Waals surface area contributed by atoms with Gasteiger partial charge in [0, 0.05) is 22.3 Å². The first kappa shape index (κ1) is 38.9. The maximum absolute atomic E-state index is 14.6. The van der Waals surface area contributed by atoms with Gasteiger partial charge < -0.3 is 13.9 Å². The minimum Gasteiger partial charge on any atom is -0.736 e. The lowest BCUT2D eigenvalue weighted by Crippen LogP contribution is -2.13. The fourth-order valence-corrected chi connectivity index (χ4v) is 9.35. The largest absolute Gasteiger partial charge is 0.736 e. The summed E-state index contributed by atoms with van der Waals surface area (Å²) in [7, 11) is -5.00. The van der Waals surface area contributed by atoms with Crippen molar-refractivity contribution in [2.24, 2.45) is 0 Å². The number of benzene rings is 6. The summed E-state index contributed by atoms with van der Waals surface area (Å²) < 4.78 is 27.4. The zero-order valence-electron chi connectivity index (χ0n) is 34.6. The van der Waals surface area contributed by atoms with Crippen LogP contribution in [-0.4, -0.2) is 0 Å². The molecule has 5 heteroatoms. The van der Waals surface area contributed by atoms with Gasteiger partial charge in [0.1, 0.15) is 11.5 Å². The molecule has 55 heavy (non-hydrogen) atoms. The average molecular weight is 752 g/mol. The summed E-state index contributed by atoms with van der Waals surface area (Å²) in [5, 5.41) is 3.84. The van der Waals surface area contributed by atoms with E-state index in [0.717, 1.165) is 54.9 Å². The first-order valence-electron chi connectivity index (χ1n) is 20.2. The van der Waals surface area contributed by atoms with Crippen LogP contribution in [0.2, 0.25) is 0 Å². The van der Waals surface area contributed by atoms with E-state index < -0.39 is 7.82 Å². The Morgan fingerprint density at radius 2 is 0.745 bits per heavy atom. The van der Waals surface area contributed by atoms with E-state index in [-0.39, 0.29) is 23.7 Å². The fourth-order valence-electron chi connectivity index (χ4n) is 8.49. The normalized spacial score (nSPS) is 13.9. The van der Waals surface area contributed by atoms with Gasteiger partial charge in [0.05, 0.1) is 0 Å². The lowest BCUT2D eigenvalue weighted by atomic mass is 9.78. The molecule has 1 heterocycles. The van der Waals surface area contributed by atoms with E-state index >= 15 is 0 Å². The summed E-state index contributed by atoms with van der Waals surface area (Å²) >= 11 is 0. The average Bonchev–Trinajstić information content (AvgIpc) is 3.26. The SMILES string of the molecule is CC(C)c1cc(C(C)C)c(-c2cc3ccccc3c3c2OP(=O)([O-])Oc2c(-c4c(C(C)C)cc(C(C)C)cc4C(C)C)cc4ccccc4c2-3)c(C(C)C)c1. The molecule has 0 saturated carbocycles. The lowest BCUT2D eigenvalue weighted by molar-refractivity contribution is -0.208. The monoisotopic (exact) mass is 751 g/mol. The highest BCUT2D eigenvalue weighted by atomic mass is 31.2. The Balaban J connectivity index is 1.73. The van der Waals surface area contributed by atoms with Crippen LogP contribution in [0, 0.1) is 0 Å². The van der Waals surface area contributed by atoms with Crippen molar-refractivity contribution < 1.29 is 18.5 Å². The number of phosphoric acid groups is 1. The molecule has 286 valence electrons. The summed E-state index contributed by atoms with van der Waals surface area (Å²) in [6, 6.07) is 30.1. The van der Waals surface area contributed by atoms with Crippen LogP contribution in [0.5, 0.6) is 11.5 Å². The van der Waals surface area contributed by atoms with Gasteiger partial charge in [0.25, 0.3) is 0 Å². The molecule has 0 saturated heterocycles. The Labute approximate surface area is 328 Å². The van der Waals surface area contributed by atoms with Gasteiger partial charge >= 0.3 is 7.82 Å². The van der Waals surface area contributed by atoms with Crippen LogP contribution in [0.1, 0.15) is 152 Å². The highest BCUT2D eigenvalue weighted by molar-refractivity contribution is 7.46. The van der Waals surface area contributed by atoms with Crippen molar-refractivity contribution in [2.75, 3.05) is 0 Å². The van der Waals surface area contributed by atoms with Crippen molar-refractivity contribution in [3.8, 4) is 44.9 Å². The van der Waals surface area contributed by atoms with Gasteiger partial charge in [-0.3, -0.25) is 0 Å². The maximum Gasteiger partial charge on any atom is 0.372 e. The summed E-state index contributed by atoms with van der Waals surface area (Å²) in [4.78, 5) is 14.6. The first-order valence-corrected chi connectivity index (χ1v) is 21.6. The lowest BCUT2D eigenvalue weighted by Gasteiger charge is -2.28. The van der Waals surface area contributed by atoms with E-state index in [1.807, 2.05) is 12.1 Å². The molecule has 6 aromatic rings. The molecular formula is C50H56O4P-. The molecule has 0 atom stereocenters. The Hall–Kier alpha value is -4.37. The Morgan fingerprint density at radius 1 is 0.436 bits per heavy atom. The molecule has 0 N–H and O–H groups in total. The molecule has 0 radical (unpaired) electrons. The van der Waals surface area contributed by atoms with Gasteiger partial charge in [-0.05, 0) is 114 Å². The molecule has 0 bridgehead atoms. The van der Waals surface area contributed by atoms with Crippen molar-refractivity contribution in [3.63, 3.8) is 0 Å². The Bertz CT molecular complexity index is 2270. The molecule has 6 aromatic carbocycles. The van der Waals surface area contributed by atoms with Crippen LogP contribution < -0.4 is 13.9 Å². The van der Waals surface area contributed by atoms with Crippen molar-refractivity contribution in [2.45, 2.75) is 119 Å². The van der Waals surface area contributed by atoms with Crippen molar-refractivity contribution in [1.29, 1.82) is 0 Å². The third-order valence-corrected chi connectivity index (χ3v) is 12.3. The predicted molar refractivity (Wildman–Crippen MR) is 231 cm³/mol. The highest BCUT2D eigenvalue weighted by Gasteiger charge is 2.35. The topological polar surface area (TPSA) is 58.6 Å². The summed E-state index contributed by atoms with van der Waals surface area (Å²) in [6.07, 6.45) is 0. The molecule has 4 nitrogen and oxygen atoms in total. The van der Waals surface area contributed by atoms with Gasteiger partial charge in [-0.1, -0.05) is 156 Å². The number of rotatable bonds is 8. The van der Waals surface area contributed by atoms with E-state index in [1.165, 1.54) is 33.4 Å². The third kappa shape index (κ3) is 6.91. The van der Waals surface area contributed by atoms with E-state index in [0.29, 0.717) is 23.3 Å². The predicted octanol–water partition coefficient (Wildman–Crippen LogP) is 15.0. The molecule has 0 aliphatic carbocycles. The summed E-state index contributed by atoms with van der Waals surface area (Å²) in [5.74, 6) is 2.01. The third-order valence-electron chi connectivity index (χ3n) is 11.5. The first-order chi connectivity index (χ1) is 26.0. The van der Waals surface area contributed by atoms with Crippen LogP contribution in [0.25, 0.3) is 54.9 Å². The van der Waals surface area contributed by atoms with E-state index in [2.05, 4.69) is 156 Å². The van der Waals surface area contributed by atoms with E-state index in [9.17, 15) is 9.46 Å². The minimum atomic E-state index is -5.00. The van der Waals surface area contributed by atoms with E-state index in [1.54, 1.807) is 0 Å². The van der Waals surface area contributed by atoms with Crippen molar-refractivity contribution >= 4 is 29.4 Å². The van der Waals surface area contributed by atoms with Gasteiger partial charge in [0.15, 0.2) is 0 Å². The number of hydrogen-bond acceptors (Lipinski definition) is 4. The second kappa shape index (κ2) is 14.6. The quantitative estimate of drug-likeness (QED) is 0.145. The van der Waals surface area contributed by atoms with Gasteiger partial charge in [-0.2, -0.15) is 0 Å². The highest BCUT2D eigenvalue weighted by Crippen LogP contribution is 2.62. The number of hydrogen-bond donors (Lipinski definition) is 0. The smallest absolute Gasteiger partial charge is 0.372 e. The van der Waals surface area contributed by atoms with Crippen LogP contribution in [-0.2, 0) is 4.57 Å². The molecular weight excluding hydrogens is 696 g/mol.